The second kappa shape index (κ2) is 8.77. The zero-order chi connectivity index (χ0) is 28.7. The second-order valence-corrected chi connectivity index (χ2v) is 11.6. The number of nitrogens with zero attached hydrogens (tertiary/aromatic N) is 5. The van der Waals surface area contributed by atoms with Gasteiger partial charge in [0.15, 0.2) is 0 Å². The summed E-state index contributed by atoms with van der Waals surface area (Å²) in [6.45, 7) is 15.8. The molecule has 6 heteroatoms. The van der Waals surface area contributed by atoms with Crippen LogP contribution in [-0.2, 0) is 0 Å². The van der Waals surface area contributed by atoms with Crippen molar-refractivity contribution in [2.75, 3.05) is 0 Å². The molecule has 0 spiro atoms. The molecule has 4 aromatic heterocycles. The highest BCUT2D eigenvalue weighted by molar-refractivity contribution is 7.27. The molecule has 0 aliphatic carbocycles. The first kappa shape index (κ1) is 23.7. The van der Waals surface area contributed by atoms with Gasteiger partial charge >= 0.3 is 0 Å². The second-order valence-electron chi connectivity index (χ2n) is 10.6. The molecule has 0 atom stereocenters. The predicted molar refractivity (Wildman–Crippen MR) is 178 cm³/mol. The molecule has 0 amide bonds. The summed E-state index contributed by atoms with van der Waals surface area (Å²) >= 11 is 1.53. The van der Waals surface area contributed by atoms with Crippen molar-refractivity contribution in [2.24, 2.45) is 0 Å². The molecule has 0 N–H and O–H groups in total. The molecule has 43 heavy (non-hydrogen) atoms. The van der Waals surface area contributed by atoms with Crippen molar-refractivity contribution >= 4 is 86.5 Å². The molecule has 5 aromatic carbocycles. The smallest absolute Gasteiger partial charge is 0.205 e. The van der Waals surface area contributed by atoms with E-state index in [1.54, 1.807) is 0 Å². The Labute approximate surface area is 249 Å². The number of rotatable bonds is 2. The van der Waals surface area contributed by atoms with Crippen LogP contribution in [0, 0.1) is 13.1 Å². The highest BCUT2D eigenvalue weighted by atomic mass is 32.1. The molecule has 9 rings (SSSR count). The molecule has 0 saturated carbocycles. The first-order chi connectivity index (χ1) is 21.3. The summed E-state index contributed by atoms with van der Waals surface area (Å²) in [6.07, 6.45) is 0. The third-order valence-corrected chi connectivity index (χ3v) is 9.61. The van der Waals surface area contributed by atoms with Gasteiger partial charge in [-0.2, -0.15) is 11.3 Å². The molecule has 0 fully saturated rings. The van der Waals surface area contributed by atoms with Crippen LogP contribution in [0.25, 0.3) is 85.1 Å². The lowest BCUT2D eigenvalue weighted by molar-refractivity contribution is 1.02. The highest BCUT2D eigenvalue weighted by Gasteiger charge is 2.22. The summed E-state index contributed by atoms with van der Waals surface area (Å²) in [5.74, 6) is 1.63. The highest BCUT2D eigenvalue weighted by Crippen LogP contribution is 2.49. The standard InChI is InChI=1S/C37H19N5S/c1-38-27-15-9-14-25-34-35-26(21-28(39-2)37(34)43-36(25)27)24-13-5-8-18-31(24)42(35)33-20-10-19-32(40-33)41-29-16-6-3-11-22(29)23-12-4-7-17-30(23)41/h3-21H. The van der Waals surface area contributed by atoms with Gasteiger partial charge in [0, 0.05) is 30.9 Å². The normalized spacial score (nSPS) is 11.7. The Morgan fingerprint density at radius 1 is 0.512 bits per heavy atom. The van der Waals surface area contributed by atoms with Gasteiger partial charge in [0.2, 0.25) is 11.4 Å². The SMILES string of the molecule is [C-]#[N+]c1cccc2c1sc1c([N+]#[C-])cc3c4ccccc4n(-c4cccc(-n5c6ccccc6c6ccccc65)n4)c3c12. The zero-order valence-electron chi connectivity index (χ0n) is 22.6. The summed E-state index contributed by atoms with van der Waals surface area (Å²) in [5.41, 5.74) is 5.45. The molecule has 0 aliphatic rings. The fraction of sp³-hybridized carbons (Fsp3) is 0. The van der Waals surface area contributed by atoms with Crippen LogP contribution in [0.1, 0.15) is 0 Å². The van der Waals surface area contributed by atoms with E-state index in [-0.39, 0.29) is 0 Å². The van der Waals surface area contributed by atoms with E-state index in [1.807, 2.05) is 30.3 Å². The van der Waals surface area contributed by atoms with Crippen molar-refractivity contribution in [1.29, 1.82) is 0 Å². The minimum atomic E-state index is 0.606. The molecule has 0 saturated heterocycles. The number of hydrogen-bond donors (Lipinski definition) is 0. The first-order valence-corrected chi connectivity index (χ1v) is 14.7. The summed E-state index contributed by atoms with van der Waals surface area (Å²) in [6, 6.07) is 39.3. The number of pyridine rings is 1. The predicted octanol–water partition coefficient (Wildman–Crippen LogP) is 10.7. The number of para-hydroxylation sites is 3. The Morgan fingerprint density at radius 2 is 1.05 bits per heavy atom. The molecule has 0 unspecified atom stereocenters. The van der Waals surface area contributed by atoms with Crippen molar-refractivity contribution in [3.05, 3.63) is 138 Å². The van der Waals surface area contributed by atoms with Crippen LogP contribution in [0.2, 0.25) is 0 Å². The number of hydrogen-bond acceptors (Lipinski definition) is 2. The molecule has 9 aromatic rings. The van der Waals surface area contributed by atoms with Gasteiger partial charge in [0.05, 0.1) is 35.2 Å². The Balaban J connectivity index is 1.44. The number of aromatic nitrogens is 3. The Kier molecular flexibility index (Phi) is 4.84. The lowest BCUT2D eigenvalue weighted by atomic mass is 10.1. The van der Waals surface area contributed by atoms with Gasteiger partial charge in [-0.1, -0.05) is 78.9 Å². The number of benzene rings is 5. The minimum Gasteiger partial charge on any atom is -0.294 e. The van der Waals surface area contributed by atoms with E-state index in [2.05, 4.69) is 104 Å². The van der Waals surface area contributed by atoms with Gasteiger partial charge in [0.1, 0.15) is 11.6 Å². The maximum absolute atomic E-state index is 8.04. The number of thiophene rings is 1. The van der Waals surface area contributed by atoms with E-state index in [0.29, 0.717) is 11.4 Å². The molecular formula is C37H19N5S. The van der Waals surface area contributed by atoms with Gasteiger partial charge in [-0.3, -0.25) is 9.13 Å². The molecule has 4 heterocycles. The lowest BCUT2D eigenvalue weighted by Crippen LogP contribution is -2.03. The zero-order valence-corrected chi connectivity index (χ0v) is 23.4. The summed E-state index contributed by atoms with van der Waals surface area (Å²) in [5, 5.41) is 6.44. The van der Waals surface area contributed by atoms with E-state index >= 15 is 0 Å². The quantitative estimate of drug-likeness (QED) is 0.192. The molecule has 0 bridgehead atoms. The maximum Gasteiger partial charge on any atom is 0.205 e. The lowest BCUT2D eigenvalue weighted by Gasteiger charge is -2.12. The summed E-state index contributed by atoms with van der Waals surface area (Å²) < 4.78 is 6.27. The van der Waals surface area contributed by atoms with E-state index in [9.17, 15) is 0 Å². The monoisotopic (exact) mass is 565 g/mol. The van der Waals surface area contributed by atoms with Crippen molar-refractivity contribution < 1.29 is 0 Å². The van der Waals surface area contributed by atoms with Crippen LogP contribution in [-0.4, -0.2) is 14.1 Å². The summed E-state index contributed by atoms with van der Waals surface area (Å²) in [4.78, 5) is 13.1. The maximum atomic E-state index is 8.04. The van der Waals surface area contributed by atoms with E-state index in [0.717, 1.165) is 64.6 Å². The van der Waals surface area contributed by atoms with Crippen LogP contribution in [0.3, 0.4) is 0 Å². The van der Waals surface area contributed by atoms with Crippen molar-refractivity contribution in [1.82, 2.24) is 14.1 Å². The van der Waals surface area contributed by atoms with E-state index in [1.165, 1.54) is 22.1 Å². The molecule has 0 radical (unpaired) electrons. The van der Waals surface area contributed by atoms with Crippen LogP contribution in [0.4, 0.5) is 11.4 Å². The molecule has 5 nitrogen and oxygen atoms in total. The van der Waals surface area contributed by atoms with E-state index < -0.39 is 0 Å². The van der Waals surface area contributed by atoms with Crippen LogP contribution in [0.15, 0.2) is 115 Å². The van der Waals surface area contributed by atoms with Gasteiger partial charge in [0.25, 0.3) is 0 Å². The molecule has 198 valence electrons. The molecular weight excluding hydrogens is 547 g/mol. The Morgan fingerprint density at radius 3 is 1.70 bits per heavy atom. The third kappa shape index (κ3) is 3.16. The van der Waals surface area contributed by atoms with Crippen molar-refractivity contribution in [2.45, 2.75) is 0 Å². The largest absolute Gasteiger partial charge is 0.294 e. The average molecular weight is 566 g/mol. The van der Waals surface area contributed by atoms with Gasteiger partial charge in [-0.15, -0.1) is 0 Å². The van der Waals surface area contributed by atoms with Gasteiger partial charge in [-0.25, -0.2) is 14.7 Å². The van der Waals surface area contributed by atoms with Crippen molar-refractivity contribution in [3.63, 3.8) is 0 Å². The number of fused-ring (bicyclic) bond motifs is 10. The van der Waals surface area contributed by atoms with Crippen molar-refractivity contribution in [3.8, 4) is 11.6 Å². The van der Waals surface area contributed by atoms with Crippen LogP contribution in [0.5, 0.6) is 0 Å². The molecule has 0 aliphatic heterocycles. The third-order valence-electron chi connectivity index (χ3n) is 8.36. The fourth-order valence-electron chi connectivity index (χ4n) is 6.62. The summed E-state index contributed by atoms with van der Waals surface area (Å²) in [7, 11) is 0. The minimum absolute atomic E-state index is 0.606. The topological polar surface area (TPSA) is 31.5 Å². The Hall–Kier alpha value is -5.95. The van der Waals surface area contributed by atoms with E-state index in [4.69, 9.17) is 18.1 Å². The van der Waals surface area contributed by atoms with Crippen LogP contribution >= 0.6 is 11.3 Å². The first-order valence-electron chi connectivity index (χ1n) is 13.9. The van der Waals surface area contributed by atoms with Gasteiger partial charge < -0.3 is 0 Å². The van der Waals surface area contributed by atoms with Gasteiger partial charge in [-0.05, 0) is 47.2 Å². The Bertz CT molecular complexity index is 2660. The van der Waals surface area contributed by atoms with Crippen LogP contribution < -0.4 is 0 Å². The fourth-order valence-corrected chi connectivity index (χ4v) is 7.84. The average Bonchev–Trinajstić information content (AvgIpc) is 3.72.